The predicted molar refractivity (Wildman–Crippen MR) is 70.4 cm³/mol. The highest BCUT2D eigenvalue weighted by atomic mass is 16.2. The van der Waals surface area contributed by atoms with Crippen molar-refractivity contribution >= 4 is 17.7 Å². The lowest BCUT2D eigenvalue weighted by Crippen LogP contribution is -2.51. The van der Waals surface area contributed by atoms with Crippen molar-refractivity contribution in [2.45, 2.75) is 19.8 Å². The first-order valence-electron chi connectivity index (χ1n) is 6.69. The first-order chi connectivity index (χ1) is 9.15. The molecule has 0 saturated carbocycles. The van der Waals surface area contributed by atoms with Crippen molar-refractivity contribution in [2.75, 3.05) is 39.3 Å². The van der Waals surface area contributed by atoms with Crippen LogP contribution in [-0.4, -0.2) is 61.9 Å². The van der Waals surface area contributed by atoms with Gasteiger partial charge < -0.3 is 20.9 Å². The van der Waals surface area contributed by atoms with Gasteiger partial charge in [-0.05, 0) is 6.42 Å². The molecule has 1 heterocycles. The maximum Gasteiger partial charge on any atom is 0.311 e. The molecule has 0 atom stereocenters. The Balaban J connectivity index is 2.19. The molecule has 0 spiro atoms. The van der Waals surface area contributed by atoms with Crippen molar-refractivity contribution in [1.82, 2.24) is 20.9 Å². The van der Waals surface area contributed by atoms with Crippen LogP contribution in [-0.2, 0) is 14.4 Å². The minimum absolute atomic E-state index is 0.114. The normalized spacial score (nSPS) is 14.9. The summed E-state index contributed by atoms with van der Waals surface area (Å²) in [6.07, 6.45) is 1.07. The van der Waals surface area contributed by atoms with E-state index in [0.717, 1.165) is 6.42 Å². The van der Waals surface area contributed by atoms with Crippen LogP contribution in [0.1, 0.15) is 19.8 Å². The summed E-state index contributed by atoms with van der Waals surface area (Å²) in [5.41, 5.74) is 0. The van der Waals surface area contributed by atoms with Gasteiger partial charge in [0.05, 0.1) is 0 Å². The van der Waals surface area contributed by atoms with Crippen LogP contribution in [0.5, 0.6) is 0 Å². The number of nitrogens with zero attached hydrogens (tertiary/aromatic N) is 1. The van der Waals surface area contributed by atoms with E-state index in [0.29, 0.717) is 32.7 Å². The maximum atomic E-state index is 11.7. The molecule has 7 nitrogen and oxygen atoms in total. The summed E-state index contributed by atoms with van der Waals surface area (Å²) < 4.78 is 0. The zero-order valence-electron chi connectivity index (χ0n) is 11.3. The summed E-state index contributed by atoms with van der Waals surface area (Å²) in [6.45, 7) is 5.29. The Kier molecular flexibility index (Phi) is 6.88. The number of amides is 3. The highest BCUT2D eigenvalue weighted by Crippen LogP contribution is 1.93. The Morgan fingerprint density at radius 1 is 1.11 bits per heavy atom. The highest BCUT2D eigenvalue weighted by Gasteiger charge is 2.22. The van der Waals surface area contributed by atoms with Gasteiger partial charge in [-0.1, -0.05) is 6.92 Å². The number of hydrogen-bond donors (Lipinski definition) is 3. The topological polar surface area (TPSA) is 90.5 Å². The largest absolute Gasteiger partial charge is 0.356 e. The highest BCUT2D eigenvalue weighted by molar-refractivity contribution is 6.35. The molecule has 1 aliphatic rings. The van der Waals surface area contributed by atoms with E-state index in [4.69, 9.17) is 0 Å². The molecule has 0 aromatic rings. The van der Waals surface area contributed by atoms with E-state index in [2.05, 4.69) is 16.0 Å². The molecule has 0 radical (unpaired) electrons. The van der Waals surface area contributed by atoms with E-state index in [-0.39, 0.29) is 18.9 Å². The van der Waals surface area contributed by atoms with Crippen LogP contribution in [0.4, 0.5) is 0 Å². The summed E-state index contributed by atoms with van der Waals surface area (Å²) in [5.74, 6) is -1.27. The lowest BCUT2D eigenvalue weighted by atomic mass is 10.3. The Labute approximate surface area is 113 Å². The molecule has 19 heavy (non-hydrogen) atoms. The third-order valence-electron chi connectivity index (χ3n) is 2.81. The summed E-state index contributed by atoms with van der Waals surface area (Å²) in [4.78, 5) is 36.1. The number of carbonyl (C=O) groups is 3. The van der Waals surface area contributed by atoms with Gasteiger partial charge in [0.1, 0.15) is 0 Å². The van der Waals surface area contributed by atoms with Crippen molar-refractivity contribution in [2.24, 2.45) is 0 Å². The molecule has 0 aromatic carbocycles. The van der Waals surface area contributed by atoms with Crippen LogP contribution in [0.15, 0.2) is 0 Å². The van der Waals surface area contributed by atoms with Crippen LogP contribution in [0.2, 0.25) is 0 Å². The van der Waals surface area contributed by atoms with Crippen molar-refractivity contribution in [3.8, 4) is 0 Å². The smallest absolute Gasteiger partial charge is 0.311 e. The first kappa shape index (κ1) is 15.4. The van der Waals surface area contributed by atoms with E-state index in [1.165, 1.54) is 4.90 Å². The fourth-order valence-electron chi connectivity index (χ4n) is 1.73. The fraction of sp³-hybridized carbons (Fsp3) is 0.750. The summed E-state index contributed by atoms with van der Waals surface area (Å²) in [5, 5.41) is 8.29. The molecule has 1 fully saturated rings. The minimum atomic E-state index is -0.634. The van der Waals surface area contributed by atoms with Gasteiger partial charge in [0, 0.05) is 45.7 Å². The molecule has 0 aliphatic carbocycles. The number of nitrogens with one attached hydrogen (secondary N) is 3. The van der Waals surface area contributed by atoms with Gasteiger partial charge in [-0.15, -0.1) is 0 Å². The van der Waals surface area contributed by atoms with E-state index < -0.39 is 11.8 Å². The van der Waals surface area contributed by atoms with Crippen LogP contribution in [0.3, 0.4) is 0 Å². The third kappa shape index (κ3) is 5.69. The molecule has 3 amide bonds. The molecule has 108 valence electrons. The zero-order chi connectivity index (χ0) is 14.1. The molecule has 7 heteroatoms. The van der Waals surface area contributed by atoms with Gasteiger partial charge in [-0.3, -0.25) is 14.4 Å². The Morgan fingerprint density at radius 3 is 2.42 bits per heavy atom. The first-order valence-corrected chi connectivity index (χ1v) is 6.69. The fourth-order valence-corrected chi connectivity index (χ4v) is 1.73. The molecule has 0 aromatic heterocycles. The second kappa shape index (κ2) is 8.47. The third-order valence-corrected chi connectivity index (χ3v) is 2.81. The van der Waals surface area contributed by atoms with E-state index >= 15 is 0 Å². The monoisotopic (exact) mass is 270 g/mol. The van der Waals surface area contributed by atoms with Crippen molar-refractivity contribution in [3.63, 3.8) is 0 Å². The van der Waals surface area contributed by atoms with Crippen molar-refractivity contribution in [3.05, 3.63) is 0 Å². The van der Waals surface area contributed by atoms with E-state index in [1.54, 1.807) is 0 Å². The standard InChI is InChI=1S/C12H22N4O3/c1-2-4-14-10(17)3-5-15-11(18)12(19)16-8-6-13-7-9-16/h13H,2-9H2,1H3,(H,14,17)(H,15,18). The molecular formula is C12H22N4O3. The number of rotatable bonds is 5. The maximum absolute atomic E-state index is 11.7. The van der Waals surface area contributed by atoms with Gasteiger partial charge in [-0.25, -0.2) is 0 Å². The molecule has 3 N–H and O–H groups in total. The van der Waals surface area contributed by atoms with Gasteiger partial charge in [0.2, 0.25) is 5.91 Å². The van der Waals surface area contributed by atoms with Crippen LogP contribution >= 0.6 is 0 Å². The van der Waals surface area contributed by atoms with Crippen molar-refractivity contribution < 1.29 is 14.4 Å². The zero-order valence-corrected chi connectivity index (χ0v) is 11.3. The lowest BCUT2D eigenvalue weighted by Gasteiger charge is -2.26. The molecule has 1 aliphatic heterocycles. The molecule has 0 unspecified atom stereocenters. The summed E-state index contributed by atoms with van der Waals surface area (Å²) in [6, 6.07) is 0. The predicted octanol–water partition coefficient (Wildman–Crippen LogP) is -1.55. The second-order valence-electron chi connectivity index (χ2n) is 4.40. The number of piperazine rings is 1. The Bertz CT molecular complexity index is 327. The molecular weight excluding hydrogens is 248 g/mol. The van der Waals surface area contributed by atoms with E-state index in [9.17, 15) is 14.4 Å². The molecule has 1 rings (SSSR count). The SMILES string of the molecule is CCCNC(=O)CCNC(=O)C(=O)N1CCNCC1. The summed E-state index contributed by atoms with van der Waals surface area (Å²) in [7, 11) is 0. The minimum Gasteiger partial charge on any atom is -0.356 e. The quantitative estimate of drug-likeness (QED) is 0.528. The lowest BCUT2D eigenvalue weighted by molar-refractivity contribution is -0.146. The summed E-state index contributed by atoms with van der Waals surface area (Å²) >= 11 is 0. The van der Waals surface area contributed by atoms with Crippen LogP contribution in [0, 0.1) is 0 Å². The van der Waals surface area contributed by atoms with Gasteiger partial charge >= 0.3 is 11.8 Å². The molecule has 0 bridgehead atoms. The van der Waals surface area contributed by atoms with Gasteiger partial charge in [0.25, 0.3) is 0 Å². The van der Waals surface area contributed by atoms with E-state index in [1.807, 2.05) is 6.92 Å². The molecule has 1 saturated heterocycles. The Hall–Kier alpha value is -1.63. The van der Waals surface area contributed by atoms with Gasteiger partial charge in [-0.2, -0.15) is 0 Å². The second-order valence-corrected chi connectivity index (χ2v) is 4.40. The van der Waals surface area contributed by atoms with Crippen LogP contribution in [0.25, 0.3) is 0 Å². The van der Waals surface area contributed by atoms with Crippen molar-refractivity contribution in [1.29, 1.82) is 0 Å². The number of hydrogen-bond acceptors (Lipinski definition) is 4. The average molecular weight is 270 g/mol. The Morgan fingerprint density at radius 2 is 1.79 bits per heavy atom. The number of carbonyl (C=O) groups excluding carboxylic acids is 3. The average Bonchev–Trinajstić information content (AvgIpc) is 2.45. The van der Waals surface area contributed by atoms with Crippen LogP contribution < -0.4 is 16.0 Å². The van der Waals surface area contributed by atoms with Gasteiger partial charge in [0.15, 0.2) is 0 Å².